The number of fused-ring (bicyclic) bond motifs is 2. The molecule has 0 aliphatic heterocycles. The van der Waals surface area contributed by atoms with Crippen LogP contribution in [0.2, 0.25) is 56.5 Å². The molecule has 0 saturated heterocycles. The highest BCUT2D eigenvalue weighted by molar-refractivity contribution is 9.10. The van der Waals surface area contributed by atoms with E-state index in [-0.39, 0.29) is 0 Å². The second-order valence-corrected chi connectivity index (χ2v) is 33.3. The maximum absolute atomic E-state index is 6.07. The standard InChI is InChI=1S/C22H28N6OS2Si.C16H21BrN4OSSi.C6H7ClN2S/c1-14-11-23-22(30-3)26-19(14)17-12-28(13-29-9-10-32(4,5)6)20-16(17)7-8-18(25-20)21-24-15(2)27-31-21;1-11-18-16(23-20-11)14-6-5-12-13(17)9-21(15(12)19-14)10-22-7-8-24(2,3)4;1-4-3-8-6(10-2)9-5(4)7/h7-8,11-12H,9-10,13H2,1-6H3;5-6,9H,7-8,10H2,1-4H3;3H,1-2H3. The maximum Gasteiger partial charge on any atom is 0.188 e. The molecule has 8 aromatic rings. The molecule has 0 saturated carbocycles. The van der Waals surface area contributed by atoms with Gasteiger partial charge in [-0.25, -0.2) is 39.9 Å². The van der Waals surface area contributed by atoms with Crippen LogP contribution < -0.4 is 0 Å². The van der Waals surface area contributed by atoms with Crippen molar-refractivity contribution in [2.45, 2.75) is 103 Å². The summed E-state index contributed by atoms with van der Waals surface area (Å²) in [7, 11) is -2.22. The molecule has 22 heteroatoms. The van der Waals surface area contributed by atoms with E-state index in [1.54, 1.807) is 18.0 Å². The van der Waals surface area contributed by atoms with E-state index in [4.69, 9.17) is 36.0 Å². The minimum atomic E-state index is -1.15. The van der Waals surface area contributed by atoms with E-state index in [1.807, 2.05) is 69.3 Å². The lowest BCUT2D eigenvalue weighted by molar-refractivity contribution is 0.0898. The summed E-state index contributed by atoms with van der Waals surface area (Å²) >= 11 is 15.1. The van der Waals surface area contributed by atoms with Gasteiger partial charge in [0.05, 0.1) is 5.69 Å². The van der Waals surface area contributed by atoms with Crippen molar-refractivity contribution in [1.29, 1.82) is 0 Å². The molecule has 0 N–H and O–H groups in total. The van der Waals surface area contributed by atoms with E-state index in [0.717, 1.165) is 118 Å². The second-order valence-electron chi connectivity index (χ2n) is 17.8. The SMILES string of the molecule is CSc1ncc(C)c(-c2cn(COCC[Si](C)(C)C)c3nc(-c4nc(C)ns4)ccc23)n1.CSc1ncc(C)c(Cl)n1.Cc1nsc(-c2ccc3c(Br)cn(COCC[Si](C)(C)C)c3n2)n1. The van der Waals surface area contributed by atoms with Gasteiger partial charge in [0.25, 0.3) is 0 Å². The zero-order valence-electron chi connectivity index (χ0n) is 39.4. The highest BCUT2D eigenvalue weighted by Crippen LogP contribution is 2.34. The first-order valence-corrected chi connectivity index (χ1v) is 33.7. The molecule has 8 heterocycles. The number of pyridine rings is 2. The van der Waals surface area contributed by atoms with Crippen molar-refractivity contribution in [3.63, 3.8) is 0 Å². The third-order valence-corrected chi connectivity index (χ3v) is 17.0. The van der Waals surface area contributed by atoms with Gasteiger partial charge >= 0.3 is 0 Å². The average molecular weight is 1080 g/mol. The molecule has 0 aliphatic carbocycles. The van der Waals surface area contributed by atoms with Crippen molar-refractivity contribution in [2.75, 3.05) is 25.7 Å². The van der Waals surface area contributed by atoms with Crippen LogP contribution in [-0.4, -0.2) is 99.6 Å². The zero-order valence-corrected chi connectivity index (χ0v) is 47.0. The number of thioether (sulfide) groups is 2. The van der Waals surface area contributed by atoms with Crippen LogP contribution in [0, 0.1) is 27.7 Å². The quantitative estimate of drug-likeness (QED) is 0.0314. The highest BCUT2D eigenvalue weighted by atomic mass is 79.9. The van der Waals surface area contributed by atoms with Gasteiger partial charge in [-0.05, 0) is 121 Å². The molecule has 0 fully saturated rings. The van der Waals surface area contributed by atoms with Crippen LogP contribution in [0.4, 0.5) is 0 Å². The van der Waals surface area contributed by atoms with Gasteiger partial charge in [-0.3, -0.25) is 0 Å². The average Bonchev–Trinajstić information content (AvgIpc) is 4.07. The number of ether oxygens (including phenoxy) is 2. The van der Waals surface area contributed by atoms with E-state index >= 15 is 0 Å². The molecular formula is C44H56BrClN12O2S4Si2. The first-order valence-electron chi connectivity index (χ1n) is 21.2. The van der Waals surface area contributed by atoms with E-state index in [0.29, 0.717) is 18.6 Å². The predicted octanol–water partition coefficient (Wildman–Crippen LogP) is 12.8. The molecule has 8 rings (SSSR count). The fraction of sp³-hybridized carbons (Fsp3) is 0.409. The van der Waals surface area contributed by atoms with Gasteiger partial charge in [0.1, 0.15) is 52.9 Å². The summed E-state index contributed by atoms with van der Waals surface area (Å²) in [5, 5.41) is 5.80. The summed E-state index contributed by atoms with van der Waals surface area (Å²) in [5.74, 6) is 1.54. The summed E-state index contributed by atoms with van der Waals surface area (Å²) in [4.78, 5) is 35.9. The van der Waals surface area contributed by atoms with Gasteiger partial charge in [0.15, 0.2) is 20.3 Å². The van der Waals surface area contributed by atoms with Gasteiger partial charge in [0, 0.05) is 80.5 Å². The van der Waals surface area contributed by atoms with Crippen molar-refractivity contribution in [3.05, 3.63) is 81.5 Å². The van der Waals surface area contributed by atoms with Crippen LogP contribution in [0.3, 0.4) is 0 Å². The van der Waals surface area contributed by atoms with Crippen LogP contribution in [0.25, 0.3) is 54.7 Å². The number of aryl methyl sites for hydroxylation is 4. The molecule has 0 amide bonds. The molecule has 0 bridgehead atoms. The summed E-state index contributed by atoms with van der Waals surface area (Å²) in [6, 6.07) is 10.5. The molecule has 0 aliphatic rings. The number of hydrogen-bond acceptors (Lipinski definition) is 16. The highest BCUT2D eigenvalue weighted by Gasteiger charge is 2.19. The fourth-order valence-corrected chi connectivity index (χ4v) is 10.3. The Kier molecular flexibility index (Phi) is 18.2. The molecule has 8 aromatic heterocycles. The number of nitrogens with zero attached hydrogens (tertiary/aromatic N) is 12. The normalized spacial score (nSPS) is 11.8. The molecule has 66 heavy (non-hydrogen) atoms. The first kappa shape index (κ1) is 51.9. The van der Waals surface area contributed by atoms with Crippen LogP contribution >= 0.6 is 74.1 Å². The Morgan fingerprint density at radius 1 is 0.636 bits per heavy atom. The topological polar surface area (TPSA) is 157 Å². The molecule has 0 atom stereocenters. The van der Waals surface area contributed by atoms with Gasteiger partial charge in [0.2, 0.25) is 0 Å². The Bertz CT molecular complexity index is 2900. The summed E-state index contributed by atoms with van der Waals surface area (Å²) in [6.07, 6.45) is 11.6. The van der Waals surface area contributed by atoms with Gasteiger partial charge in [-0.1, -0.05) is 74.4 Å². The van der Waals surface area contributed by atoms with E-state index < -0.39 is 16.1 Å². The summed E-state index contributed by atoms with van der Waals surface area (Å²) in [5.41, 5.74) is 7.35. The fourth-order valence-electron chi connectivity index (χ4n) is 6.10. The largest absolute Gasteiger partial charge is 0.361 e. The number of halogens is 2. The third kappa shape index (κ3) is 14.3. The van der Waals surface area contributed by atoms with Crippen molar-refractivity contribution < 1.29 is 9.47 Å². The molecule has 0 unspecified atom stereocenters. The number of hydrogen-bond donors (Lipinski definition) is 0. The lowest BCUT2D eigenvalue weighted by atomic mass is 10.1. The Balaban J connectivity index is 0.000000185. The molecule has 350 valence electrons. The minimum absolute atomic E-state index is 0.450. The summed E-state index contributed by atoms with van der Waals surface area (Å²) in [6.45, 7) is 24.4. The lowest BCUT2D eigenvalue weighted by Crippen LogP contribution is -2.22. The molecule has 0 spiro atoms. The van der Waals surface area contributed by atoms with Crippen molar-refractivity contribution in [1.82, 2.24) is 57.8 Å². The third-order valence-electron chi connectivity index (χ3n) is 9.80. The van der Waals surface area contributed by atoms with Crippen LogP contribution in [0.5, 0.6) is 0 Å². The summed E-state index contributed by atoms with van der Waals surface area (Å²) < 4.78 is 25.6. The van der Waals surface area contributed by atoms with E-state index in [9.17, 15) is 0 Å². The number of aromatic nitrogens is 12. The van der Waals surface area contributed by atoms with Crippen molar-refractivity contribution in [2.24, 2.45) is 0 Å². The Morgan fingerprint density at radius 2 is 1.12 bits per heavy atom. The number of rotatable bonds is 15. The minimum Gasteiger partial charge on any atom is -0.361 e. The van der Waals surface area contributed by atoms with E-state index in [1.165, 1.54) is 34.8 Å². The monoisotopic (exact) mass is 1080 g/mol. The smallest absolute Gasteiger partial charge is 0.188 e. The van der Waals surface area contributed by atoms with Crippen molar-refractivity contribution in [3.8, 4) is 32.7 Å². The molecule has 14 nitrogen and oxygen atoms in total. The van der Waals surface area contributed by atoms with Crippen LogP contribution in [-0.2, 0) is 22.9 Å². The zero-order chi connectivity index (χ0) is 47.8. The van der Waals surface area contributed by atoms with Crippen LogP contribution in [0.15, 0.2) is 63.8 Å². The van der Waals surface area contributed by atoms with E-state index in [2.05, 4.69) is 112 Å². The maximum atomic E-state index is 6.07. The molecule has 0 aromatic carbocycles. The van der Waals surface area contributed by atoms with Gasteiger partial charge < -0.3 is 18.6 Å². The Morgan fingerprint density at radius 3 is 1.61 bits per heavy atom. The van der Waals surface area contributed by atoms with Crippen molar-refractivity contribution >= 4 is 112 Å². The Hall–Kier alpha value is -3.52. The second kappa shape index (κ2) is 23.2. The molecule has 0 radical (unpaired) electrons. The first-order chi connectivity index (χ1) is 31.3. The Labute approximate surface area is 419 Å². The predicted molar refractivity (Wildman–Crippen MR) is 284 cm³/mol. The van der Waals surface area contributed by atoms with Gasteiger partial charge in [-0.2, -0.15) is 8.75 Å². The lowest BCUT2D eigenvalue weighted by Gasteiger charge is -2.15. The molecular weight excluding hydrogens is 1030 g/mol. The van der Waals surface area contributed by atoms with Gasteiger partial charge in [-0.15, -0.1) is 0 Å². The van der Waals surface area contributed by atoms with Crippen LogP contribution in [0.1, 0.15) is 22.8 Å².